The number of ether oxygens (including phenoxy) is 1. The van der Waals surface area contributed by atoms with Gasteiger partial charge in [-0.25, -0.2) is 9.78 Å². The lowest BCUT2D eigenvalue weighted by atomic mass is 9.82. The lowest BCUT2D eigenvalue weighted by molar-refractivity contribution is 0.0531. The fourth-order valence-corrected chi connectivity index (χ4v) is 4.40. The van der Waals surface area contributed by atoms with Gasteiger partial charge in [-0.1, -0.05) is 19.8 Å². The summed E-state index contributed by atoms with van der Waals surface area (Å²) in [5.74, 6) is 2.02. The normalized spacial score (nSPS) is 22.0. The molecule has 146 valence electrons. The molecule has 6 nitrogen and oxygen atoms in total. The summed E-state index contributed by atoms with van der Waals surface area (Å²) in [7, 11) is 1.78. The van der Waals surface area contributed by atoms with Crippen molar-refractivity contribution in [3.63, 3.8) is 0 Å². The van der Waals surface area contributed by atoms with E-state index in [9.17, 15) is 4.79 Å². The number of esters is 1. The standard InChI is InChI=1S/C19H32N4O2S/c1-6-25-18(24)16-13(3)22-17(26-16)14(4)23-19(20-5)21-11-15-9-7-8-12(2)10-15/h12,14-15H,6-11H2,1-5H3,(H2,20,21,23). The van der Waals surface area contributed by atoms with Gasteiger partial charge in [0.15, 0.2) is 5.96 Å². The van der Waals surface area contributed by atoms with Crippen molar-refractivity contribution in [2.45, 2.75) is 59.4 Å². The number of hydrogen-bond donors (Lipinski definition) is 2. The van der Waals surface area contributed by atoms with Crippen LogP contribution >= 0.6 is 11.3 Å². The predicted octanol–water partition coefficient (Wildman–Crippen LogP) is 3.68. The Morgan fingerprint density at radius 3 is 2.88 bits per heavy atom. The number of thiazole rings is 1. The summed E-state index contributed by atoms with van der Waals surface area (Å²) in [6.07, 6.45) is 5.25. The Balaban J connectivity index is 1.91. The number of carbonyl (C=O) groups is 1. The zero-order valence-corrected chi connectivity index (χ0v) is 17.4. The zero-order chi connectivity index (χ0) is 19.1. The number of rotatable bonds is 6. The highest BCUT2D eigenvalue weighted by Gasteiger charge is 2.21. The van der Waals surface area contributed by atoms with Gasteiger partial charge < -0.3 is 15.4 Å². The molecular formula is C19H32N4O2S. The molecule has 2 N–H and O–H groups in total. The number of nitrogens with zero attached hydrogens (tertiary/aromatic N) is 2. The van der Waals surface area contributed by atoms with Crippen LogP contribution in [0.4, 0.5) is 0 Å². The van der Waals surface area contributed by atoms with Crippen LogP contribution in [0.25, 0.3) is 0 Å². The average Bonchev–Trinajstić information content (AvgIpc) is 3.00. The van der Waals surface area contributed by atoms with E-state index in [0.717, 1.165) is 29.1 Å². The maximum Gasteiger partial charge on any atom is 0.350 e. The first kappa shape index (κ1) is 20.7. The molecule has 0 amide bonds. The molecule has 0 spiro atoms. The van der Waals surface area contributed by atoms with E-state index in [2.05, 4.69) is 27.5 Å². The second-order valence-corrected chi connectivity index (χ2v) is 8.17. The first-order chi connectivity index (χ1) is 12.4. The quantitative estimate of drug-likeness (QED) is 0.447. The minimum absolute atomic E-state index is 0.0293. The highest BCUT2D eigenvalue weighted by atomic mass is 32.1. The molecule has 1 aliphatic carbocycles. The van der Waals surface area contributed by atoms with Gasteiger partial charge in [-0.3, -0.25) is 4.99 Å². The molecule has 3 atom stereocenters. The largest absolute Gasteiger partial charge is 0.462 e. The van der Waals surface area contributed by atoms with E-state index in [1.54, 1.807) is 7.05 Å². The van der Waals surface area contributed by atoms with E-state index >= 15 is 0 Å². The van der Waals surface area contributed by atoms with E-state index in [1.807, 2.05) is 20.8 Å². The molecule has 26 heavy (non-hydrogen) atoms. The first-order valence-electron chi connectivity index (χ1n) is 9.56. The molecule has 0 aliphatic heterocycles. The summed E-state index contributed by atoms with van der Waals surface area (Å²) in [5, 5.41) is 7.69. The second-order valence-electron chi connectivity index (χ2n) is 7.14. The Bertz CT molecular complexity index is 629. The number of aryl methyl sites for hydroxylation is 1. The SMILES string of the molecule is CCOC(=O)c1sc(C(C)NC(=NC)NCC2CCCC(C)C2)nc1C. The Morgan fingerprint density at radius 1 is 1.46 bits per heavy atom. The number of aromatic nitrogens is 1. The molecule has 2 rings (SSSR count). The Labute approximate surface area is 160 Å². The van der Waals surface area contributed by atoms with Crippen LogP contribution in [0.5, 0.6) is 0 Å². The van der Waals surface area contributed by atoms with Crippen molar-refractivity contribution in [1.82, 2.24) is 15.6 Å². The van der Waals surface area contributed by atoms with Gasteiger partial charge in [0.25, 0.3) is 0 Å². The highest BCUT2D eigenvalue weighted by molar-refractivity contribution is 7.13. The van der Waals surface area contributed by atoms with Gasteiger partial charge in [-0.15, -0.1) is 11.3 Å². The van der Waals surface area contributed by atoms with Crippen LogP contribution in [0.3, 0.4) is 0 Å². The van der Waals surface area contributed by atoms with Crippen LogP contribution in [-0.2, 0) is 4.74 Å². The van der Waals surface area contributed by atoms with Crippen LogP contribution < -0.4 is 10.6 Å². The second kappa shape index (κ2) is 9.90. The molecule has 1 aromatic heterocycles. The number of nitrogens with one attached hydrogen (secondary N) is 2. The fraction of sp³-hybridized carbons (Fsp3) is 0.737. The third-order valence-corrected chi connectivity index (χ3v) is 6.14. The smallest absolute Gasteiger partial charge is 0.350 e. The molecule has 0 bridgehead atoms. The first-order valence-corrected chi connectivity index (χ1v) is 10.4. The maximum absolute atomic E-state index is 12.0. The Kier molecular flexibility index (Phi) is 7.87. The van der Waals surface area contributed by atoms with Gasteiger partial charge in [0, 0.05) is 13.6 Å². The van der Waals surface area contributed by atoms with Gasteiger partial charge in [-0.2, -0.15) is 0 Å². The summed E-state index contributed by atoms with van der Waals surface area (Å²) in [6.45, 7) is 9.34. The molecule has 0 saturated heterocycles. The Hall–Kier alpha value is -1.63. The fourth-order valence-electron chi connectivity index (χ4n) is 3.44. The summed E-state index contributed by atoms with van der Waals surface area (Å²) >= 11 is 1.38. The van der Waals surface area contributed by atoms with Gasteiger partial charge in [0.1, 0.15) is 9.88 Å². The lowest BCUT2D eigenvalue weighted by Crippen LogP contribution is -2.41. The van der Waals surface area contributed by atoms with E-state index in [4.69, 9.17) is 4.74 Å². The molecule has 0 radical (unpaired) electrons. The van der Waals surface area contributed by atoms with Crippen LogP contribution in [-0.4, -0.2) is 37.1 Å². The topological polar surface area (TPSA) is 75.6 Å². The average molecular weight is 381 g/mol. The van der Waals surface area contributed by atoms with Crippen LogP contribution in [0.1, 0.15) is 72.9 Å². The molecule has 7 heteroatoms. The molecule has 3 unspecified atom stereocenters. The van der Waals surface area contributed by atoms with Crippen molar-refractivity contribution in [2.24, 2.45) is 16.8 Å². The van der Waals surface area contributed by atoms with Gasteiger partial charge in [0.2, 0.25) is 0 Å². The van der Waals surface area contributed by atoms with Gasteiger partial charge in [0.05, 0.1) is 18.3 Å². The van der Waals surface area contributed by atoms with Crippen molar-refractivity contribution in [3.05, 3.63) is 15.6 Å². The third kappa shape index (κ3) is 5.69. The molecule has 1 fully saturated rings. The highest BCUT2D eigenvalue weighted by Crippen LogP contribution is 2.28. The van der Waals surface area contributed by atoms with Crippen molar-refractivity contribution in [2.75, 3.05) is 20.2 Å². The minimum Gasteiger partial charge on any atom is -0.462 e. The monoisotopic (exact) mass is 380 g/mol. The van der Waals surface area contributed by atoms with E-state index in [-0.39, 0.29) is 12.0 Å². The number of carbonyl (C=O) groups excluding carboxylic acids is 1. The lowest BCUT2D eigenvalue weighted by Gasteiger charge is -2.27. The molecular weight excluding hydrogens is 348 g/mol. The molecule has 1 saturated carbocycles. The minimum atomic E-state index is -0.296. The zero-order valence-electron chi connectivity index (χ0n) is 16.6. The summed E-state index contributed by atoms with van der Waals surface area (Å²) in [5.41, 5.74) is 0.719. The molecule has 1 heterocycles. The van der Waals surface area contributed by atoms with Crippen molar-refractivity contribution in [3.8, 4) is 0 Å². The van der Waals surface area contributed by atoms with E-state index < -0.39 is 0 Å². The predicted molar refractivity (Wildman–Crippen MR) is 107 cm³/mol. The maximum atomic E-state index is 12.0. The number of guanidine groups is 1. The summed E-state index contributed by atoms with van der Waals surface area (Å²) in [4.78, 5) is 21.4. The van der Waals surface area contributed by atoms with Gasteiger partial charge >= 0.3 is 5.97 Å². The van der Waals surface area contributed by atoms with Crippen molar-refractivity contribution >= 4 is 23.3 Å². The van der Waals surface area contributed by atoms with Crippen molar-refractivity contribution in [1.29, 1.82) is 0 Å². The van der Waals surface area contributed by atoms with Crippen molar-refractivity contribution < 1.29 is 9.53 Å². The van der Waals surface area contributed by atoms with Gasteiger partial charge in [-0.05, 0) is 45.4 Å². The Morgan fingerprint density at radius 2 is 2.23 bits per heavy atom. The van der Waals surface area contributed by atoms with E-state index in [1.165, 1.54) is 37.0 Å². The molecule has 1 aromatic rings. The van der Waals surface area contributed by atoms with E-state index in [0.29, 0.717) is 17.4 Å². The summed E-state index contributed by atoms with van der Waals surface area (Å²) < 4.78 is 5.09. The molecule has 1 aliphatic rings. The third-order valence-electron chi connectivity index (χ3n) is 4.82. The molecule has 0 aromatic carbocycles. The van der Waals surface area contributed by atoms with Crippen LogP contribution in [0.15, 0.2) is 4.99 Å². The number of hydrogen-bond acceptors (Lipinski definition) is 5. The van der Waals surface area contributed by atoms with Crippen LogP contribution in [0.2, 0.25) is 0 Å². The number of aliphatic imine (C=N–C) groups is 1. The summed E-state index contributed by atoms with van der Waals surface area (Å²) in [6, 6.07) is -0.0293. The van der Waals surface area contributed by atoms with Crippen LogP contribution in [0, 0.1) is 18.8 Å².